The quantitative estimate of drug-likeness (QED) is 0.0437. The van der Waals surface area contributed by atoms with Crippen LogP contribution in [-0.4, -0.2) is 188 Å². The Labute approximate surface area is 504 Å². The van der Waals surface area contributed by atoms with Crippen LogP contribution in [0.2, 0.25) is 0 Å². The number of hydrogen-bond donors (Lipinski definition) is 4. The molecule has 6 atom stereocenters. The molecule has 6 unspecified atom stereocenters. The second-order valence-corrected chi connectivity index (χ2v) is 29.1. The molecule has 1 fully saturated rings. The number of hydrogen-bond acceptors (Lipinski definition) is 12. The smallest absolute Gasteiger partial charge is 0.0667 e. The maximum absolute atomic E-state index is 11.2. The van der Waals surface area contributed by atoms with Crippen molar-refractivity contribution >= 4 is 47.0 Å². The lowest BCUT2D eigenvalue weighted by Crippen LogP contribution is -2.60. The van der Waals surface area contributed by atoms with Gasteiger partial charge in [0, 0.05) is 112 Å². The summed E-state index contributed by atoms with van der Waals surface area (Å²) in [6.07, 6.45) is 43.5. The van der Waals surface area contributed by atoms with Crippen molar-refractivity contribution in [1.82, 2.24) is 19.6 Å². The topological polar surface area (TPSA) is 93.9 Å². The van der Waals surface area contributed by atoms with Gasteiger partial charge in [0.15, 0.2) is 0 Å². The van der Waals surface area contributed by atoms with E-state index in [9.17, 15) is 20.4 Å². The average molecular weight is 1180 g/mol. The van der Waals surface area contributed by atoms with Crippen LogP contribution in [-0.2, 0) is 0 Å². The van der Waals surface area contributed by atoms with Crippen molar-refractivity contribution in [2.45, 2.75) is 309 Å². The van der Waals surface area contributed by atoms with E-state index in [2.05, 4.69) is 108 Å². The van der Waals surface area contributed by atoms with E-state index in [4.69, 9.17) is 0 Å². The van der Waals surface area contributed by atoms with Crippen LogP contribution in [0.5, 0.6) is 0 Å². The van der Waals surface area contributed by atoms with E-state index < -0.39 is 0 Å². The van der Waals surface area contributed by atoms with Gasteiger partial charge in [-0.25, -0.2) is 0 Å². The van der Waals surface area contributed by atoms with Gasteiger partial charge in [0.1, 0.15) is 0 Å². The predicted molar refractivity (Wildman–Crippen MR) is 357 cm³/mol. The van der Waals surface area contributed by atoms with Crippen LogP contribution in [0.25, 0.3) is 0 Å². The third-order valence-electron chi connectivity index (χ3n) is 16.5. The van der Waals surface area contributed by atoms with Crippen LogP contribution >= 0.6 is 47.0 Å². The zero-order valence-corrected chi connectivity index (χ0v) is 56.1. The van der Waals surface area contributed by atoms with Gasteiger partial charge in [0.05, 0.1) is 24.4 Å². The van der Waals surface area contributed by atoms with E-state index in [1.165, 1.54) is 191 Å². The Hall–Kier alpha value is 1.08. The number of thioether (sulfide) groups is 4. The monoisotopic (exact) mass is 1180 g/mol. The van der Waals surface area contributed by atoms with Crippen LogP contribution in [0, 0.1) is 0 Å². The summed E-state index contributed by atoms with van der Waals surface area (Å²) in [6, 6.07) is 1.14. The Morgan fingerprint density at radius 2 is 0.577 bits per heavy atom. The summed E-state index contributed by atoms with van der Waals surface area (Å²) >= 11 is 8.35. The minimum Gasteiger partial charge on any atom is -0.392 e. The van der Waals surface area contributed by atoms with Gasteiger partial charge >= 0.3 is 0 Å². The minimum absolute atomic E-state index is 0.314. The van der Waals surface area contributed by atoms with E-state index in [0.717, 1.165) is 125 Å². The molecule has 1 aliphatic rings. The van der Waals surface area contributed by atoms with Gasteiger partial charge in [0.25, 0.3) is 0 Å². The zero-order chi connectivity index (χ0) is 56.8. The largest absolute Gasteiger partial charge is 0.392 e. The first-order valence-corrected chi connectivity index (χ1v) is 38.8. The molecule has 0 aromatic heterocycles. The fraction of sp³-hybridized carbons (Fsp3) is 1.00. The van der Waals surface area contributed by atoms with Gasteiger partial charge in [-0.3, -0.25) is 19.6 Å². The zero-order valence-electron chi connectivity index (χ0n) is 52.9. The Morgan fingerprint density at radius 1 is 0.333 bits per heavy atom. The summed E-state index contributed by atoms with van der Waals surface area (Å²) in [7, 11) is 0. The highest BCUT2D eigenvalue weighted by Gasteiger charge is 2.33. The van der Waals surface area contributed by atoms with Crippen molar-refractivity contribution in [2.75, 3.05) is 111 Å². The van der Waals surface area contributed by atoms with E-state index in [0.29, 0.717) is 38.3 Å². The molecule has 0 saturated carbocycles. The van der Waals surface area contributed by atoms with Crippen molar-refractivity contribution in [3.63, 3.8) is 0 Å². The van der Waals surface area contributed by atoms with Crippen molar-refractivity contribution in [2.24, 2.45) is 0 Å². The van der Waals surface area contributed by atoms with Crippen LogP contribution in [0.15, 0.2) is 0 Å². The molecule has 12 heteroatoms. The third-order valence-corrected chi connectivity index (χ3v) is 20.5. The van der Waals surface area contributed by atoms with E-state index in [1.807, 2.05) is 0 Å². The Kier molecular flexibility index (Phi) is 57.8. The summed E-state index contributed by atoms with van der Waals surface area (Å²) in [5.74, 6) is 9.05. The van der Waals surface area contributed by atoms with Crippen molar-refractivity contribution in [3.8, 4) is 0 Å². The summed E-state index contributed by atoms with van der Waals surface area (Å²) in [5, 5.41) is 44.9. The molecule has 1 saturated heterocycles. The Balaban J connectivity index is 2.80. The summed E-state index contributed by atoms with van der Waals surface area (Å²) < 4.78 is 0. The van der Waals surface area contributed by atoms with Crippen LogP contribution in [0.3, 0.4) is 0 Å². The normalized spacial score (nSPS) is 17.2. The predicted octanol–water partition coefficient (Wildman–Crippen LogP) is 16.5. The second kappa shape index (κ2) is 58.5. The van der Waals surface area contributed by atoms with Crippen LogP contribution in [0.4, 0.5) is 0 Å². The van der Waals surface area contributed by atoms with E-state index in [-0.39, 0.29) is 24.4 Å². The lowest BCUT2D eigenvalue weighted by Gasteiger charge is -2.46. The number of nitrogens with zero attached hydrogens (tertiary/aromatic N) is 4. The molecule has 1 heterocycles. The average Bonchev–Trinajstić information content (AvgIpc) is 3.43. The molecule has 8 nitrogen and oxygen atoms in total. The molecular formula is C66H136N4O4S4. The first-order chi connectivity index (χ1) is 38.2. The first kappa shape index (κ1) is 77.1. The molecule has 0 spiro atoms. The molecule has 0 aromatic carbocycles. The molecular weight excluding hydrogens is 1040 g/mol. The summed E-state index contributed by atoms with van der Waals surface area (Å²) in [4.78, 5) is 10.5. The maximum atomic E-state index is 11.2. The fourth-order valence-corrected chi connectivity index (χ4v) is 15.1. The number of rotatable bonds is 62. The van der Waals surface area contributed by atoms with Crippen LogP contribution < -0.4 is 0 Å². The number of aliphatic hydroxyl groups is 4. The molecule has 0 amide bonds. The second-order valence-electron chi connectivity index (χ2n) is 24.0. The molecule has 0 bridgehead atoms. The molecule has 0 radical (unpaired) electrons. The molecule has 78 heavy (non-hydrogen) atoms. The molecule has 0 aliphatic carbocycles. The Morgan fingerprint density at radius 3 is 0.821 bits per heavy atom. The SMILES string of the molecule is CCCCCCCCCCC(O)CN(CCSCCN1CC(CSCC)N(CCSCCN(CC(O)CCCCCCCCCC)CC(O)CCCCCCCCCC)CC1CSCC)CC(O)CCCCCCCCCC. The van der Waals surface area contributed by atoms with Crippen molar-refractivity contribution < 1.29 is 20.4 Å². The highest BCUT2D eigenvalue weighted by atomic mass is 32.2. The fourth-order valence-electron chi connectivity index (χ4n) is 11.5. The molecule has 468 valence electrons. The minimum atomic E-state index is -0.314. The highest BCUT2D eigenvalue weighted by molar-refractivity contribution is 7.99. The molecule has 0 aromatic rings. The lowest BCUT2D eigenvalue weighted by atomic mass is 10.0. The van der Waals surface area contributed by atoms with Crippen molar-refractivity contribution in [1.29, 1.82) is 0 Å². The van der Waals surface area contributed by atoms with Gasteiger partial charge in [-0.1, -0.05) is 247 Å². The van der Waals surface area contributed by atoms with Gasteiger partial charge in [-0.05, 0) is 37.2 Å². The lowest BCUT2D eigenvalue weighted by molar-refractivity contribution is 0.0555. The van der Waals surface area contributed by atoms with Gasteiger partial charge in [-0.15, -0.1) is 0 Å². The number of aliphatic hydroxyl groups excluding tert-OH is 4. The molecule has 4 N–H and O–H groups in total. The maximum Gasteiger partial charge on any atom is 0.0667 e. The van der Waals surface area contributed by atoms with E-state index >= 15 is 0 Å². The molecule has 1 aliphatic heterocycles. The summed E-state index contributed by atoms with van der Waals surface area (Å²) in [5.41, 5.74) is 0. The van der Waals surface area contributed by atoms with Crippen LogP contribution in [0.1, 0.15) is 273 Å². The first-order valence-electron chi connectivity index (χ1n) is 34.2. The Bertz CT molecular complexity index is 1060. The van der Waals surface area contributed by atoms with Gasteiger partial charge in [-0.2, -0.15) is 47.0 Å². The highest BCUT2D eigenvalue weighted by Crippen LogP contribution is 2.24. The van der Waals surface area contributed by atoms with Gasteiger partial charge in [0.2, 0.25) is 0 Å². The molecule has 1 rings (SSSR count). The van der Waals surface area contributed by atoms with Gasteiger partial charge < -0.3 is 20.4 Å². The summed E-state index contributed by atoms with van der Waals surface area (Å²) in [6.45, 7) is 22.9. The standard InChI is InChI=1S/C66H136N4O4S4/c1-7-13-17-21-25-29-33-37-41-63(71)55-67(56-64(72)42-38-34-30-26-22-18-14-8-2)45-49-77-51-47-69-53-62(60-76-12-6)70(54-61(69)59-75-11-5)48-52-78-50-46-68(57-65(73)43-39-35-31-27-23-19-15-9-3)58-66(74)44-40-36-32-28-24-20-16-10-4/h61-66,71-74H,7-60H2,1-6H3. The number of piperazine rings is 1. The van der Waals surface area contributed by atoms with E-state index in [1.54, 1.807) is 0 Å². The van der Waals surface area contributed by atoms with Crippen molar-refractivity contribution in [3.05, 3.63) is 0 Å². The third kappa shape index (κ3) is 47.3. The number of unbranched alkanes of at least 4 members (excludes halogenated alkanes) is 28.